The molecule has 23 heavy (non-hydrogen) atoms. The lowest BCUT2D eigenvalue weighted by Gasteiger charge is -2.29. The van der Waals surface area contributed by atoms with Crippen LogP contribution in [0.15, 0.2) is 48.9 Å². The van der Waals surface area contributed by atoms with Crippen molar-refractivity contribution < 1.29 is 0 Å². The van der Waals surface area contributed by atoms with Crippen LogP contribution in [0.4, 0.5) is 11.4 Å². The van der Waals surface area contributed by atoms with Gasteiger partial charge in [-0.3, -0.25) is 9.67 Å². The zero-order valence-corrected chi connectivity index (χ0v) is 13.3. The van der Waals surface area contributed by atoms with E-state index in [4.69, 9.17) is 0 Å². The Labute approximate surface area is 135 Å². The summed E-state index contributed by atoms with van der Waals surface area (Å²) in [5, 5.41) is 9.17. The minimum atomic E-state index is 0.471. The maximum atomic E-state index is 4.56. The van der Waals surface area contributed by atoms with Gasteiger partial charge in [0, 0.05) is 30.0 Å². The normalized spacial score (nSPS) is 19.1. The number of fused-ring (bicyclic) bond motifs is 1. The van der Waals surface area contributed by atoms with Gasteiger partial charge in [-0.15, -0.1) is 0 Å². The summed E-state index contributed by atoms with van der Waals surface area (Å²) in [4.78, 5) is 6.78. The van der Waals surface area contributed by atoms with Crippen molar-refractivity contribution in [1.82, 2.24) is 19.7 Å². The highest BCUT2D eigenvalue weighted by atomic mass is 15.3. The molecule has 1 N–H and O–H groups in total. The van der Waals surface area contributed by atoms with Crippen LogP contribution < -0.4 is 5.32 Å². The van der Waals surface area contributed by atoms with Gasteiger partial charge in [0.05, 0.1) is 23.4 Å². The van der Waals surface area contributed by atoms with E-state index >= 15 is 0 Å². The van der Waals surface area contributed by atoms with Crippen molar-refractivity contribution in [3.63, 3.8) is 0 Å². The Kier molecular flexibility index (Phi) is 3.71. The topological polar surface area (TPSA) is 46.0 Å². The monoisotopic (exact) mass is 307 g/mol. The fourth-order valence-corrected chi connectivity index (χ4v) is 3.32. The van der Waals surface area contributed by atoms with Gasteiger partial charge in [0.1, 0.15) is 0 Å². The molecule has 0 radical (unpaired) electrons. The summed E-state index contributed by atoms with van der Waals surface area (Å²) >= 11 is 0. The van der Waals surface area contributed by atoms with Gasteiger partial charge in [-0.25, -0.2) is 0 Å². The summed E-state index contributed by atoms with van der Waals surface area (Å²) in [6.07, 6.45) is 8.29. The summed E-state index contributed by atoms with van der Waals surface area (Å²) in [5.41, 5.74) is 3.09. The summed E-state index contributed by atoms with van der Waals surface area (Å²) in [6, 6.07) is 10.6. The van der Waals surface area contributed by atoms with E-state index in [0.29, 0.717) is 6.04 Å². The first-order chi connectivity index (χ1) is 11.3. The molecule has 1 aromatic carbocycles. The predicted octanol–water partition coefficient (Wildman–Crippen LogP) is 3.44. The minimum absolute atomic E-state index is 0.471. The molecule has 0 bridgehead atoms. The fourth-order valence-electron chi connectivity index (χ4n) is 3.32. The molecular weight excluding hydrogens is 286 g/mol. The van der Waals surface area contributed by atoms with Crippen molar-refractivity contribution in [3.8, 4) is 0 Å². The number of para-hydroxylation sites is 1. The second-order valence-corrected chi connectivity index (χ2v) is 6.27. The lowest BCUT2D eigenvalue weighted by molar-refractivity contribution is 0.202. The van der Waals surface area contributed by atoms with Gasteiger partial charge >= 0.3 is 0 Å². The van der Waals surface area contributed by atoms with Crippen LogP contribution >= 0.6 is 0 Å². The van der Waals surface area contributed by atoms with Crippen LogP contribution in [0.1, 0.15) is 18.9 Å². The van der Waals surface area contributed by atoms with Crippen LogP contribution in [0.2, 0.25) is 0 Å². The van der Waals surface area contributed by atoms with Gasteiger partial charge in [0.25, 0.3) is 0 Å². The first kappa shape index (κ1) is 14.2. The van der Waals surface area contributed by atoms with Gasteiger partial charge in [-0.2, -0.15) is 5.10 Å². The van der Waals surface area contributed by atoms with E-state index in [1.54, 1.807) is 0 Å². The lowest BCUT2D eigenvalue weighted by atomic mass is 10.1. The van der Waals surface area contributed by atoms with E-state index in [2.05, 4.69) is 44.3 Å². The molecule has 5 nitrogen and oxygen atoms in total. The molecule has 1 atom stereocenters. The Morgan fingerprint density at radius 1 is 1.22 bits per heavy atom. The first-order valence-electron chi connectivity index (χ1n) is 8.13. The summed E-state index contributed by atoms with van der Waals surface area (Å²) in [6.45, 7) is 2.26. The summed E-state index contributed by atoms with van der Waals surface area (Å²) in [7, 11) is 2.18. The van der Waals surface area contributed by atoms with Crippen molar-refractivity contribution in [2.75, 3.05) is 25.5 Å². The van der Waals surface area contributed by atoms with Crippen molar-refractivity contribution in [3.05, 3.63) is 48.9 Å². The molecule has 118 valence electrons. The Hall–Kier alpha value is -2.40. The molecule has 0 saturated carbocycles. The summed E-state index contributed by atoms with van der Waals surface area (Å²) in [5.74, 6) is 0. The third-order valence-electron chi connectivity index (χ3n) is 4.50. The second-order valence-electron chi connectivity index (χ2n) is 6.27. The molecule has 0 aliphatic carbocycles. The number of aromatic nitrogens is 3. The molecule has 1 unspecified atom stereocenters. The van der Waals surface area contributed by atoms with Gasteiger partial charge in [-0.05, 0) is 38.6 Å². The SMILES string of the molecule is CN1CCCC(n2cc(Nc3ccnc4ccccc34)cn2)C1. The van der Waals surface area contributed by atoms with Crippen LogP contribution in [0.3, 0.4) is 0 Å². The van der Waals surface area contributed by atoms with Crippen molar-refractivity contribution >= 4 is 22.3 Å². The molecule has 1 saturated heterocycles. The maximum Gasteiger partial charge on any atom is 0.0770 e. The average molecular weight is 307 g/mol. The Balaban J connectivity index is 1.57. The molecule has 3 heterocycles. The number of nitrogens with zero attached hydrogens (tertiary/aromatic N) is 4. The van der Waals surface area contributed by atoms with Crippen molar-refractivity contribution in [1.29, 1.82) is 0 Å². The third kappa shape index (κ3) is 2.92. The average Bonchev–Trinajstić information content (AvgIpc) is 3.04. The molecule has 0 spiro atoms. The van der Waals surface area contributed by atoms with Crippen LogP contribution in [-0.2, 0) is 0 Å². The molecule has 1 aliphatic rings. The lowest BCUT2D eigenvalue weighted by Crippen LogP contribution is -2.33. The number of hydrogen-bond acceptors (Lipinski definition) is 4. The van der Waals surface area contributed by atoms with Crippen LogP contribution in [-0.4, -0.2) is 39.8 Å². The minimum Gasteiger partial charge on any atom is -0.352 e. The highest BCUT2D eigenvalue weighted by Crippen LogP contribution is 2.26. The van der Waals surface area contributed by atoms with Gasteiger partial charge in [-0.1, -0.05) is 18.2 Å². The molecule has 2 aromatic heterocycles. The molecule has 0 amide bonds. The van der Waals surface area contributed by atoms with Crippen LogP contribution in [0.5, 0.6) is 0 Å². The highest BCUT2D eigenvalue weighted by Gasteiger charge is 2.19. The zero-order chi connectivity index (χ0) is 15.6. The van der Waals surface area contributed by atoms with Crippen LogP contribution in [0.25, 0.3) is 10.9 Å². The highest BCUT2D eigenvalue weighted by molar-refractivity contribution is 5.92. The number of nitrogens with one attached hydrogen (secondary N) is 1. The van der Waals surface area contributed by atoms with Gasteiger partial charge in [0.2, 0.25) is 0 Å². The molecular formula is C18H21N5. The van der Waals surface area contributed by atoms with Gasteiger partial charge < -0.3 is 10.2 Å². The van der Waals surface area contributed by atoms with Crippen LogP contribution in [0, 0.1) is 0 Å². The second kappa shape index (κ2) is 6.01. The number of piperidine rings is 1. The van der Waals surface area contributed by atoms with Gasteiger partial charge in [0.15, 0.2) is 0 Å². The first-order valence-corrected chi connectivity index (χ1v) is 8.13. The molecule has 5 heteroatoms. The Morgan fingerprint density at radius 2 is 2.13 bits per heavy atom. The quantitative estimate of drug-likeness (QED) is 0.805. The number of hydrogen-bond donors (Lipinski definition) is 1. The van der Waals surface area contributed by atoms with E-state index in [0.717, 1.165) is 28.8 Å². The van der Waals surface area contributed by atoms with Crippen molar-refractivity contribution in [2.24, 2.45) is 0 Å². The number of likely N-dealkylation sites (N-methyl/N-ethyl adjacent to an activating group) is 1. The number of benzene rings is 1. The number of rotatable bonds is 3. The molecule has 3 aromatic rings. The molecule has 4 rings (SSSR count). The fraction of sp³-hybridized carbons (Fsp3) is 0.333. The Bertz CT molecular complexity index is 805. The van der Waals surface area contributed by atoms with E-state index in [1.807, 2.05) is 36.7 Å². The Morgan fingerprint density at radius 3 is 3.04 bits per heavy atom. The maximum absolute atomic E-state index is 4.56. The van der Waals surface area contributed by atoms with E-state index < -0.39 is 0 Å². The number of pyridine rings is 1. The largest absolute Gasteiger partial charge is 0.352 e. The summed E-state index contributed by atoms with van der Waals surface area (Å²) < 4.78 is 2.10. The smallest absolute Gasteiger partial charge is 0.0770 e. The van der Waals surface area contributed by atoms with Crippen molar-refractivity contribution in [2.45, 2.75) is 18.9 Å². The van der Waals surface area contributed by atoms with E-state index in [-0.39, 0.29) is 0 Å². The third-order valence-corrected chi connectivity index (χ3v) is 4.50. The van der Waals surface area contributed by atoms with E-state index in [9.17, 15) is 0 Å². The molecule has 1 aliphatic heterocycles. The molecule has 1 fully saturated rings. The zero-order valence-electron chi connectivity index (χ0n) is 13.3. The number of anilines is 2. The standard InChI is InChI=1S/C18H21N5/c1-22-10-4-5-15(13-22)23-12-14(11-20-23)21-18-8-9-19-17-7-3-2-6-16(17)18/h2-3,6-9,11-12,15H,4-5,10,13H2,1H3,(H,19,21). The van der Waals surface area contributed by atoms with E-state index in [1.165, 1.54) is 19.4 Å². The number of likely N-dealkylation sites (tertiary alicyclic amines) is 1. The predicted molar refractivity (Wildman–Crippen MR) is 93.0 cm³/mol.